The van der Waals surface area contributed by atoms with Crippen molar-refractivity contribution in [3.8, 4) is 0 Å². The molecular formula is C30H50Cl2N2. The Morgan fingerprint density at radius 3 is 0.941 bits per heavy atom. The Labute approximate surface area is 223 Å². The number of rotatable bonds is 17. The molecule has 0 heterocycles. The van der Waals surface area contributed by atoms with Gasteiger partial charge >= 0.3 is 0 Å². The minimum absolute atomic E-state index is 0. The molecule has 0 aliphatic carbocycles. The van der Waals surface area contributed by atoms with Gasteiger partial charge in [-0.1, -0.05) is 77.6 Å². The molecule has 194 valence electrons. The predicted octanol–water partition coefficient (Wildman–Crippen LogP) is 9.13. The van der Waals surface area contributed by atoms with Gasteiger partial charge in [0.25, 0.3) is 0 Å². The largest absolute Gasteiger partial charge is 0.372 e. The van der Waals surface area contributed by atoms with Gasteiger partial charge in [-0.05, 0) is 73.9 Å². The van der Waals surface area contributed by atoms with E-state index in [1.807, 2.05) is 0 Å². The van der Waals surface area contributed by atoms with Crippen molar-refractivity contribution in [2.24, 2.45) is 0 Å². The van der Waals surface area contributed by atoms with Crippen molar-refractivity contribution in [1.29, 1.82) is 0 Å². The van der Waals surface area contributed by atoms with Crippen LogP contribution in [0.4, 0.5) is 11.4 Å². The zero-order chi connectivity index (χ0) is 23.0. The van der Waals surface area contributed by atoms with Gasteiger partial charge in [0.05, 0.1) is 0 Å². The van der Waals surface area contributed by atoms with Gasteiger partial charge in [0, 0.05) is 37.6 Å². The van der Waals surface area contributed by atoms with Crippen LogP contribution in [0.2, 0.25) is 0 Å². The van der Waals surface area contributed by atoms with Crippen LogP contribution in [0.1, 0.15) is 90.2 Å². The first-order chi connectivity index (χ1) is 15.7. The smallest absolute Gasteiger partial charge is 0.0366 e. The molecule has 2 aromatic carbocycles. The Hall–Kier alpha value is -1.38. The molecule has 0 bridgehead atoms. The van der Waals surface area contributed by atoms with Crippen LogP contribution in [0.15, 0.2) is 48.5 Å². The third-order valence-electron chi connectivity index (χ3n) is 6.43. The summed E-state index contributed by atoms with van der Waals surface area (Å²) < 4.78 is 0. The minimum atomic E-state index is 0. The predicted molar refractivity (Wildman–Crippen MR) is 159 cm³/mol. The lowest BCUT2D eigenvalue weighted by molar-refractivity contribution is 0.678. The molecule has 0 fully saturated rings. The Morgan fingerprint density at radius 2 is 0.706 bits per heavy atom. The lowest BCUT2D eigenvalue weighted by atomic mass is 10.0. The Morgan fingerprint density at radius 1 is 0.441 bits per heavy atom. The number of halogens is 2. The maximum Gasteiger partial charge on any atom is 0.0366 e. The van der Waals surface area contributed by atoms with Gasteiger partial charge in [-0.2, -0.15) is 0 Å². The van der Waals surface area contributed by atoms with E-state index < -0.39 is 0 Å². The number of hydrogen-bond donors (Lipinski definition) is 0. The van der Waals surface area contributed by atoms with Crippen LogP contribution in [-0.4, -0.2) is 26.2 Å². The fraction of sp³-hybridized carbons (Fsp3) is 0.600. The molecule has 2 aromatic rings. The number of anilines is 2. The van der Waals surface area contributed by atoms with E-state index in [0.717, 1.165) is 12.8 Å². The number of unbranched alkanes of at least 4 members (excludes halogenated alkanes) is 4. The Balaban J connectivity index is 0.00000544. The maximum atomic E-state index is 2.57. The first-order valence-corrected chi connectivity index (χ1v) is 13.4. The van der Waals surface area contributed by atoms with Crippen molar-refractivity contribution < 1.29 is 0 Å². The first-order valence-electron chi connectivity index (χ1n) is 13.4. The lowest BCUT2D eigenvalue weighted by Gasteiger charge is -2.25. The van der Waals surface area contributed by atoms with E-state index >= 15 is 0 Å². The molecule has 0 aromatic heterocycles. The summed E-state index contributed by atoms with van der Waals surface area (Å²) >= 11 is 0. The molecule has 4 heteroatoms. The third kappa shape index (κ3) is 11.8. The van der Waals surface area contributed by atoms with E-state index in [-0.39, 0.29) is 24.8 Å². The second-order valence-corrected chi connectivity index (χ2v) is 9.22. The maximum absolute atomic E-state index is 2.57. The van der Waals surface area contributed by atoms with Crippen molar-refractivity contribution in [1.82, 2.24) is 0 Å². The second-order valence-electron chi connectivity index (χ2n) is 9.22. The van der Waals surface area contributed by atoms with Gasteiger partial charge in [-0.25, -0.2) is 0 Å². The highest BCUT2D eigenvalue weighted by Gasteiger charge is 2.07. The molecule has 2 nitrogen and oxygen atoms in total. The summed E-state index contributed by atoms with van der Waals surface area (Å²) in [4.78, 5) is 5.14. The summed E-state index contributed by atoms with van der Waals surface area (Å²) in [7, 11) is 0. The first kappa shape index (κ1) is 32.6. The van der Waals surface area contributed by atoms with E-state index in [9.17, 15) is 0 Å². The highest BCUT2D eigenvalue weighted by atomic mass is 35.5. The highest BCUT2D eigenvalue weighted by molar-refractivity contribution is 5.85. The molecule has 0 saturated carbocycles. The molecule has 2 rings (SSSR count). The fourth-order valence-corrected chi connectivity index (χ4v) is 4.17. The van der Waals surface area contributed by atoms with Crippen molar-refractivity contribution in [3.63, 3.8) is 0 Å². The fourth-order valence-electron chi connectivity index (χ4n) is 4.17. The molecule has 0 unspecified atom stereocenters. The third-order valence-corrected chi connectivity index (χ3v) is 6.43. The van der Waals surface area contributed by atoms with Crippen molar-refractivity contribution in [3.05, 3.63) is 59.7 Å². The summed E-state index contributed by atoms with van der Waals surface area (Å²) in [5.74, 6) is 0. The molecular weight excluding hydrogens is 459 g/mol. The van der Waals surface area contributed by atoms with Crippen molar-refractivity contribution in [2.75, 3.05) is 36.0 Å². The zero-order valence-corrected chi connectivity index (χ0v) is 23.9. The van der Waals surface area contributed by atoms with E-state index in [1.165, 1.54) is 100 Å². The van der Waals surface area contributed by atoms with Gasteiger partial charge in [0.15, 0.2) is 0 Å². The van der Waals surface area contributed by atoms with Crippen LogP contribution < -0.4 is 9.80 Å². The van der Waals surface area contributed by atoms with Crippen molar-refractivity contribution in [2.45, 2.75) is 91.9 Å². The number of nitrogens with zero attached hydrogens (tertiary/aromatic N) is 2. The van der Waals surface area contributed by atoms with Crippen LogP contribution in [0.3, 0.4) is 0 Å². The van der Waals surface area contributed by atoms with Crippen LogP contribution in [0.5, 0.6) is 0 Å². The molecule has 0 atom stereocenters. The summed E-state index contributed by atoms with van der Waals surface area (Å²) in [5, 5.41) is 0. The van der Waals surface area contributed by atoms with Crippen LogP contribution >= 0.6 is 24.8 Å². The molecule has 0 radical (unpaired) electrons. The molecule has 0 amide bonds. The quantitative estimate of drug-likeness (QED) is 0.210. The number of hydrogen-bond acceptors (Lipinski definition) is 2. The molecule has 34 heavy (non-hydrogen) atoms. The molecule has 0 aliphatic rings. The molecule has 0 N–H and O–H groups in total. The van der Waals surface area contributed by atoms with Gasteiger partial charge in [-0.15, -0.1) is 24.8 Å². The normalized spacial score (nSPS) is 10.4. The average molecular weight is 510 g/mol. The van der Waals surface area contributed by atoms with Gasteiger partial charge < -0.3 is 9.80 Å². The van der Waals surface area contributed by atoms with Gasteiger partial charge in [-0.3, -0.25) is 0 Å². The highest BCUT2D eigenvalue weighted by Crippen LogP contribution is 2.20. The topological polar surface area (TPSA) is 6.48 Å². The van der Waals surface area contributed by atoms with Crippen LogP contribution in [0, 0.1) is 0 Å². The summed E-state index contributed by atoms with van der Waals surface area (Å²) in [5.41, 5.74) is 5.66. The summed E-state index contributed by atoms with van der Waals surface area (Å²) in [6.45, 7) is 13.8. The summed E-state index contributed by atoms with van der Waals surface area (Å²) in [6, 6.07) is 18.7. The lowest BCUT2D eigenvalue weighted by Crippen LogP contribution is -2.25. The second kappa shape index (κ2) is 19.9. The van der Waals surface area contributed by atoms with Gasteiger partial charge in [0.1, 0.15) is 0 Å². The molecule has 0 spiro atoms. The van der Waals surface area contributed by atoms with E-state index in [2.05, 4.69) is 86.0 Å². The van der Waals surface area contributed by atoms with E-state index in [4.69, 9.17) is 0 Å². The zero-order valence-electron chi connectivity index (χ0n) is 22.2. The average Bonchev–Trinajstić information content (AvgIpc) is 2.84. The molecule has 0 aliphatic heterocycles. The van der Waals surface area contributed by atoms with E-state index in [1.54, 1.807) is 0 Å². The van der Waals surface area contributed by atoms with Crippen LogP contribution in [-0.2, 0) is 12.8 Å². The minimum Gasteiger partial charge on any atom is -0.372 e. The van der Waals surface area contributed by atoms with Crippen molar-refractivity contribution >= 4 is 36.2 Å². The molecule has 0 saturated heterocycles. The van der Waals surface area contributed by atoms with Gasteiger partial charge in [0.2, 0.25) is 0 Å². The summed E-state index contributed by atoms with van der Waals surface area (Å²) in [6.07, 6.45) is 12.3. The number of aryl methyl sites for hydroxylation is 2. The standard InChI is InChI=1S/C30H48N2.2ClH/c1-5-9-23-31(24-10-6-2)29-19-15-27(16-20-29)13-14-28-17-21-30(22-18-28)32(25-11-7-3)26-12-8-4;;/h15-22H,5-14,23-26H2,1-4H3;2*1H. The van der Waals surface area contributed by atoms with Crippen LogP contribution in [0.25, 0.3) is 0 Å². The Kier molecular flexibility index (Phi) is 19.1. The monoisotopic (exact) mass is 508 g/mol. The Bertz CT molecular complexity index is 636. The van der Waals surface area contributed by atoms with E-state index in [0.29, 0.717) is 0 Å². The SMILES string of the molecule is CCCCN(CCCC)c1ccc(CCc2ccc(N(CCCC)CCCC)cc2)cc1.Cl.Cl. The number of benzene rings is 2.